The van der Waals surface area contributed by atoms with Crippen LogP contribution in [0, 0.1) is 6.92 Å². The van der Waals surface area contributed by atoms with Gasteiger partial charge in [-0.25, -0.2) is 18.1 Å². The Labute approximate surface area is 117 Å². The second-order valence-electron chi connectivity index (χ2n) is 4.23. The number of aromatic amines is 1. The van der Waals surface area contributed by atoms with Crippen LogP contribution in [0.15, 0.2) is 29.4 Å². The molecule has 0 radical (unpaired) electrons. The van der Waals surface area contributed by atoms with Gasteiger partial charge in [-0.3, -0.25) is 0 Å². The summed E-state index contributed by atoms with van der Waals surface area (Å²) in [4.78, 5) is 6.54. The van der Waals surface area contributed by atoms with Crippen LogP contribution in [0.2, 0.25) is 0 Å². The molecule has 0 amide bonds. The standard InChI is InChI=1S/C12H16N4O3S/c1-8-14-7-12(16-8)20(17,18)15-6-9-3-4-11(19-2)10(13)5-9/h3-5,7,15H,6,13H2,1-2H3,(H,14,16). The van der Waals surface area contributed by atoms with Crippen molar-refractivity contribution in [2.75, 3.05) is 12.8 Å². The molecule has 8 heteroatoms. The fourth-order valence-electron chi connectivity index (χ4n) is 1.68. The van der Waals surface area contributed by atoms with Crippen molar-refractivity contribution in [3.05, 3.63) is 35.8 Å². The molecule has 0 saturated heterocycles. The lowest BCUT2D eigenvalue weighted by Crippen LogP contribution is -2.23. The summed E-state index contributed by atoms with van der Waals surface area (Å²) in [5.74, 6) is 1.10. The zero-order valence-corrected chi connectivity index (χ0v) is 12.0. The lowest BCUT2D eigenvalue weighted by atomic mass is 10.2. The number of hydrogen-bond donors (Lipinski definition) is 3. The highest BCUT2D eigenvalue weighted by Gasteiger charge is 2.16. The number of nitrogen functional groups attached to an aromatic ring is 1. The van der Waals surface area contributed by atoms with Gasteiger partial charge in [0.1, 0.15) is 11.6 Å². The van der Waals surface area contributed by atoms with Crippen molar-refractivity contribution < 1.29 is 13.2 Å². The van der Waals surface area contributed by atoms with Crippen LogP contribution in [-0.2, 0) is 16.6 Å². The first-order valence-corrected chi connectivity index (χ1v) is 7.34. The Morgan fingerprint density at radius 3 is 2.75 bits per heavy atom. The first kappa shape index (κ1) is 14.4. The molecule has 1 aromatic carbocycles. The number of anilines is 1. The zero-order valence-electron chi connectivity index (χ0n) is 11.2. The van der Waals surface area contributed by atoms with Crippen molar-refractivity contribution in [3.8, 4) is 5.75 Å². The van der Waals surface area contributed by atoms with Gasteiger partial charge in [0, 0.05) is 6.54 Å². The Kier molecular flexibility index (Phi) is 3.96. The molecule has 2 rings (SSSR count). The Bertz CT molecular complexity index is 709. The summed E-state index contributed by atoms with van der Waals surface area (Å²) in [6, 6.07) is 5.11. The van der Waals surface area contributed by atoms with E-state index in [2.05, 4.69) is 14.7 Å². The number of methoxy groups -OCH3 is 1. The minimum atomic E-state index is -3.61. The molecule has 108 valence electrons. The number of benzene rings is 1. The maximum Gasteiger partial charge on any atom is 0.257 e. The molecule has 0 fully saturated rings. The quantitative estimate of drug-likeness (QED) is 0.706. The van der Waals surface area contributed by atoms with Crippen LogP contribution < -0.4 is 15.2 Å². The Balaban J connectivity index is 2.10. The number of aryl methyl sites for hydroxylation is 1. The SMILES string of the molecule is COc1ccc(CNS(=O)(=O)c2cnc(C)[nH]2)cc1N. The normalized spacial score (nSPS) is 11.5. The highest BCUT2D eigenvalue weighted by molar-refractivity contribution is 7.89. The average molecular weight is 296 g/mol. The second-order valence-corrected chi connectivity index (χ2v) is 5.97. The monoisotopic (exact) mass is 296 g/mol. The molecule has 1 aromatic heterocycles. The van der Waals surface area contributed by atoms with Crippen molar-refractivity contribution in [1.29, 1.82) is 0 Å². The number of H-pyrrole nitrogens is 1. The number of hydrogen-bond acceptors (Lipinski definition) is 5. The van der Waals surface area contributed by atoms with Gasteiger partial charge in [-0.1, -0.05) is 6.07 Å². The Hall–Kier alpha value is -2.06. The minimum Gasteiger partial charge on any atom is -0.495 e. The van der Waals surface area contributed by atoms with E-state index >= 15 is 0 Å². The van der Waals surface area contributed by atoms with Crippen LogP contribution in [0.25, 0.3) is 0 Å². The molecule has 0 aliphatic rings. The Morgan fingerprint density at radius 2 is 2.20 bits per heavy atom. The molecule has 4 N–H and O–H groups in total. The topological polar surface area (TPSA) is 110 Å². The Morgan fingerprint density at radius 1 is 1.45 bits per heavy atom. The molecule has 7 nitrogen and oxygen atoms in total. The summed E-state index contributed by atoms with van der Waals surface area (Å²) >= 11 is 0. The number of ether oxygens (including phenoxy) is 1. The number of sulfonamides is 1. The van der Waals surface area contributed by atoms with E-state index in [1.165, 1.54) is 13.3 Å². The number of imidazole rings is 1. The molecular weight excluding hydrogens is 280 g/mol. The average Bonchev–Trinajstić information content (AvgIpc) is 2.84. The van der Waals surface area contributed by atoms with Gasteiger partial charge in [0.2, 0.25) is 0 Å². The van der Waals surface area contributed by atoms with Crippen molar-refractivity contribution in [1.82, 2.24) is 14.7 Å². The van der Waals surface area contributed by atoms with Gasteiger partial charge in [0.05, 0.1) is 19.0 Å². The van der Waals surface area contributed by atoms with Gasteiger partial charge in [-0.2, -0.15) is 0 Å². The highest BCUT2D eigenvalue weighted by Crippen LogP contribution is 2.22. The molecular formula is C12H16N4O3S. The second kappa shape index (κ2) is 5.51. The molecule has 0 atom stereocenters. The van der Waals surface area contributed by atoms with E-state index in [-0.39, 0.29) is 11.6 Å². The number of nitrogens with zero attached hydrogens (tertiary/aromatic N) is 1. The number of nitrogens with one attached hydrogen (secondary N) is 2. The van der Waals surface area contributed by atoms with Gasteiger partial charge in [0.15, 0.2) is 5.03 Å². The van der Waals surface area contributed by atoms with Crippen LogP contribution in [-0.4, -0.2) is 25.5 Å². The van der Waals surface area contributed by atoms with E-state index in [4.69, 9.17) is 10.5 Å². The molecule has 0 unspecified atom stereocenters. The van der Waals surface area contributed by atoms with Crippen LogP contribution in [0.3, 0.4) is 0 Å². The highest BCUT2D eigenvalue weighted by atomic mass is 32.2. The lowest BCUT2D eigenvalue weighted by molar-refractivity contribution is 0.417. The summed E-state index contributed by atoms with van der Waals surface area (Å²) in [5.41, 5.74) is 6.97. The summed E-state index contributed by atoms with van der Waals surface area (Å²) in [6.45, 7) is 1.82. The van der Waals surface area contributed by atoms with Crippen LogP contribution in [0.5, 0.6) is 5.75 Å². The van der Waals surface area contributed by atoms with Crippen LogP contribution in [0.1, 0.15) is 11.4 Å². The fraction of sp³-hybridized carbons (Fsp3) is 0.250. The van der Waals surface area contributed by atoms with E-state index in [0.717, 1.165) is 5.56 Å². The van der Waals surface area contributed by atoms with Gasteiger partial charge < -0.3 is 15.5 Å². The number of aromatic nitrogens is 2. The maximum atomic E-state index is 12.0. The molecule has 0 bridgehead atoms. The molecule has 1 heterocycles. The fourth-order valence-corrected chi connectivity index (χ4v) is 2.67. The predicted molar refractivity (Wildman–Crippen MR) is 74.8 cm³/mol. The van der Waals surface area contributed by atoms with E-state index in [1.54, 1.807) is 25.1 Å². The summed E-state index contributed by atoms with van der Waals surface area (Å²) in [7, 11) is -2.08. The molecule has 20 heavy (non-hydrogen) atoms. The van der Waals surface area contributed by atoms with Gasteiger partial charge in [-0.05, 0) is 24.6 Å². The zero-order chi connectivity index (χ0) is 14.8. The van der Waals surface area contributed by atoms with E-state index < -0.39 is 10.0 Å². The largest absolute Gasteiger partial charge is 0.495 e. The van der Waals surface area contributed by atoms with Gasteiger partial charge in [-0.15, -0.1) is 0 Å². The van der Waals surface area contributed by atoms with Crippen molar-refractivity contribution >= 4 is 15.7 Å². The lowest BCUT2D eigenvalue weighted by Gasteiger charge is -2.08. The molecule has 2 aromatic rings. The third kappa shape index (κ3) is 3.09. The van der Waals surface area contributed by atoms with E-state index in [1.807, 2.05) is 0 Å². The first-order valence-electron chi connectivity index (χ1n) is 5.86. The summed E-state index contributed by atoms with van der Waals surface area (Å²) in [6.07, 6.45) is 1.28. The maximum absolute atomic E-state index is 12.0. The molecule has 0 saturated carbocycles. The van der Waals surface area contributed by atoms with Crippen molar-refractivity contribution in [2.24, 2.45) is 0 Å². The van der Waals surface area contributed by atoms with Gasteiger partial charge >= 0.3 is 0 Å². The predicted octanol–water partition coefficient (Wildman–Crippen LogP) is 0.787. The third-order valence-electron chi connectivity index (χ3n) is 2.73. The van der Waals surface area contributed by atoms with Crippen LogP contribution >= 0.6 is 0 Å². The minimum absolute atomic E-state index is 0.0384. The smallest absolute Gasteiger partial charge is 0.257 e. The van der Waals surface area contributed by atoms with Crippen LogP contribution in [0.4, 0.5) is 5.69 Å². The summed E-state index contributed by atoms with van der Waals surface area (Å²) in [5, 5.41) is 0.0384. The molecule has 0 aliphatic carbocycles. The third-order valence-corrected chi connectivity index (χ3v) is 4.04. The first-order chi connectivity index (χ1) is 9.42. The van der Waals surface area contributed by atoms with Crippen molar-refractivity contribution in [3.63, 3.8) is 0 Å². The number of nitrogens with two attached hydrogens (primary N) is 1. The molecule has 0 spiro atoms. The summed E-state index contributed by atoms with van der Waals surface area (Å²) < 4.78 is 31.5. The van der Waals surface area contributed by atoms with Crippen molar-refractivity contribution in [2.45, 2.75) is 18.5 Å². The molecule has 0 aliphatic heterocycles. The van der Waals surface area contributed by atoms with Gasteiger partial charge in [0.25, 0.3) is 10.0 Å². The van der Waals surface area contributed by atoms with E-state index in [0.29, 0.717) is 17.3 Å². The van der Waals surface area contributed by atoms with E-state index in [9.17, 15) is 8.42 Å². The number of rotatable bonds is 5.